The minimum atomic E-state index is -0.711. The molecule has 522 valence electrons. The molecule has 0 spiro atoms. The number of hydrogen-bond donors (Lipinski definition) is 4. The Balaban J connectivity index is 0.000000181. The molecule has 5 aromatic heterocycles. The fraction of sp³-hybridized carbons (Fsp3) is 0.192. The van der Waals surface area contributed by atoms with Gasteiger partial charge in [-0.05, 0) is 203 Å². The van der Waals surface area contributed by atoms with Gasteiger partial charge in [-0.25, -0.2) is 30.7 Å². The van der Waals surface area contributed by atoms with Gasteiger partial charge in [-0.2, -0.15) is 0 Å². The van der Waals surface area contributed by atoms with Crippen LogP contribution in [0, 0.1) is 61.5 Å². The maximum Gasteiger partial charge on any atom is 0.325 e. The molecule has 5 heterocycles. The van der Waals surface area contributed by atoms with E-state index in [9.17, 15) is 54.7 Å². The number of alkyl halides is 1. The number of carbonyl (C=O) groups excluding carboxylic acids is 5. The predicted octanol–water partition coefficient (Wildman–Crippen LogP) is 16.1. The molecule has 15 nitrogen and oxygen atoms in total. The number of primary amides is 2. The normalized spacial score (nSPS) is 11.4. The van der Waals surface area contributed by atoms with Crippen LogP contribution >= 0.6 is 15.9 Å². The SMILES string of the molecule is CCOC(=O)CBr.CCOC(=O)Cn1c(C)cc2cc(F)ccc21.Cc1cc2cc(F)ccc2[nH]1.Cc1cc2cc(F)ccc2n1CC(=O)C[C@@H](Cc1cc(F)cc(F)c1)c1ncccc1-c1cccc(C(N)=O)c1.NC(=O)c1cccc(-c2cccnc2[C@@H](N)Cc2cc(F)cc(F)c2)c1. The third-order valence-corrected chi connectivity index (χ3v) is 16.2. The number of aromatic amines is 1. The third-order valence-electron chi connectivity index (χ3n) is 15.8. The van der Waals surface area contributed by atoms with E-state index in [-0.39, 0.29) is 67.5 Å². The van der Waals surface area contributed by atoms with E-state index in [1.807, 2.05) is 72.4 Å². The fourth-order valence-corrected chi connectivity index (χ4v) is 11.6. The number of Topliss-reactive ketones (excluding diaryl/α,β-unsaturated/α-hetero) is 1. The fourth-order valence-electron chi connectivity index (χ4n) is 11.5. The molecule has 0 bridgehead atoms. The number of fused-ring (bicyclic) bond motifs is 3. The molecule has 2 atom stereocenters. The highest BCUT2D eigenvalue weighted by molar-refractivity contribution is 9.09. The second kappa shape index (κ2) is 35.6. The number of nitrogens with two attached hydrogens (primary N) is 3. The van der Waals surface area contributed by atoms with E-state index in [2.05, 4.69) is 35.6 Å². The maximum absolute atomic E-state index is 14.1. The lowest BCUT2D eigenvalue weighted by Crippen LogP contribution is -2.17. The minimum absolute atomic E-state index is 0.0258. The Morgan fingerprint density at radius 1 is 0.495 bits per heavy atom. The van der Waals surface area contributed by atoms with E-state index in [1.165, 1.54) is 60.7 Å². The number of pyridine rings is 2. The number of ether oxygens (including phenoxy) is 2. The van der Waals surface area contributed by atoms with Crippen molar-refractivity contribution in [2.24, 2.45) is 17.2 Å². The molecule has 7 N–H and O–H groups in total. The number of nitrogens with one attached hydrogen (secondary N) is 1. The highest BCUT2D eigenvalue weighted by atomic mass is 79.9. The van der Waals surface area contributed by atoms with Gasteiger partial charge in [0, 0.05) is 109 Å². The van der Waals surface area contributed by atoms with Gasteiger partial charge in [0.1, 0.15) is 52.6 Å². The Kier molecular flexibility index (Phi) is 26.7. The van der Waals surface area contributed by atoms with Crippen LogP contribution in [-0.4, -0.2) is 72.2 Å². The Morgan fingerprint density at radius 2 is 0.950 bits per heavy atom. The molecule has 0 aliphatic carbocycles. The summed E-state index contributed by atoms with van der Waals surface area (Å²) in [4.78, 5) is 70.4. The zero-order valence-corrected chi connectivity index (χ0v) is 57.3. The number of ketones is 1. The largest absolute Gasteiger partial charge is 0.465 e. The number of esters is 2. The number of benzene rings is 7. The third kappa shape index (κ3) is 21.2. The zero-order valence-electron chi connectivity index (χ0n) is 55.7. The van der Waals surface area contributed by atoms with Crippen LogP contribution in [0.1, 0.15) is 92.5 Å². The highest BCUT2D eigenvalue weighted by Gasteiger charge is 2.25. The van der Waals surface area contributed by atoms with Crippen LogP contribution in [0.5, 0.6) is 0 Å². The molecule has 0 saturated carbocycles. The number of amides is 2. The number of carbonyl (C=O) groups is 5. The summed E-state index contributed by atoms with van der Waals surface area (Å²) in [5.74, 6) is -5.81. The quantitative estimate of drug-likeness (QED) is 0.0340. The molecule has 0 aliphatic rings. The molecule has 0 aliphatic heterocycles. The first kappa shape index (κ1) is 75.7. The Morgan fingerprint density at radius 3 is 1.44 bits per heavy atom. The molecule has 0 fully saturated rings. The van der Waals surface area contributed by atoms with Crippen LogP contribution < -0.4 is 17.2 Å². The average Bonchev–Trinajstić information content (AvgIpc) is 1.78. The molecule has 12 rings (SSSR count). The molecule has 12 aromatic rings. The second-order valence-electron chi connectivity index (χ2n) is 23.3. The van der Waals surface area contributed by atoms with Crippen LogP contribution in [-0.2, 0) is 49.8 Å². The van der Waals surface area contributed by atoms with Crippen molar-refractivity contribution in [1.82, 2.24) is 24.1 Å². The summed E-state index contributed by atoms with van der Waals surface area (Å²) in [7, 11) is 0. The summed E-state index contributed by atoms with van der Waals surface area (Å²) >= 11 is 2.94. The topological polar surface area (TPSA) is 233 Å². The Hall–Kier alpha value is -11.0. The molecular formula is C78H72BrF7N8O7. The van der Waals surface area contributed by atoms with Crippen LogP contribution in [0.2, 0.25) is 0 Å². The van der Waals surface area contributed by atoms with Gasteiger partial charge in [-0.3, -0.25) is 33.9 Å². The first-order valence-electron chi connectivity index (χ1n) is 31.8. The van der Waals surface area contributed by atoms with Crippen LogP contribution in [0.25, 0.3) is 55.0 Å². The smallest absolute Gasteiger partial charge is 0.325 e. The average molecular weight is 1450 g/mol. The molecule has 0 saturated heterocycles. The molecule has 7 aromatic carbocycles. The lowest BCUT2D eigenvalue weighted by molar-refractivity contribution is -0.144. The second-order valence-corrected chi connectivity index (χ2v) is 23.9. The summed E-state index contributed by atoms with van der Waals surface area (Å²) in [5, 5.41) is 2.72. The number of aryl methyl sites for hydroxylation is 3. The maximum atomic E-state index is 14.1. The van der Waals surface area contributed by atoms with Crippen molar-refractivity contribution in [3.8, 4) is 22.3 Å². The standard InChI is InChI=1S/C32H26F3N3O2.C20H17F2N3O.C13H14FNO2.C9H8FN.C4H7BrO2/c1-19-10-23-15-25(33)7-8-30(23)38(19)18-28(39)16-24(11-20-12-26(34)17-27(35)13-20)31-29(6-3-9-37-31)21-4-2-5-22(14-21)32(36)40;21-15-7-12(8-16(22)11-15)9-18(23)19-17(5-2-6-25-19)13-3-1-4-14(10-13)20(24)26;1-3-17-13(16)8-15-9(2)6-10-7-11(14)4-5-12(10)15;1-6-4-7-5-8(10)2-3-9(7)11-6;1-2-7-4(6)3-5/h2-10,12-15,17,24H,11,16,18H2,1H3,(H2,36,40);1-8,10-11,18H,9,23H2,(H2,24,26);4-7H,3,8H2,1-2H3;2-5,11H,1H3;2-3H2,1H3/t24-;18-;;;/m10.../s1. The van der Waals surface area contributed by atoms with Crippen molar-refractivity contribution in [3.63, 3.8) is 0 Å². The number of nitrogens with zero attached hydrogens (tertiary/aromatic N) is 4. The summed E-state index contributed by atoms with van der Waals surface area (Å²) in [6.45, 7) is 10.3. The van der Waals surface area contributed by atoms with E-state index >= 15 is 0 Å². The van der Waals surface area contributed by atoms with Gasteiger partial charge in [-0.15, -0.1) is 0 Å². The minimum Gasteiger partial charge on any atom is -0.465 e. The van der Waals surface area contributed by atoms with Gasteiger partial charge < -0.3 is 40.8 Å². The lowest BCUT2D eigenvalue weighted by atomic mass is 9.86. The summed E-state index contributed by atoms with van der Waals surface area (Å²) in [6, 6.07) is 46.1. The van der Waals surface area contributed by atoms with Crippen LogP contribution in [0.3, 0.4) is 0 Å². The number of halogens is 8. The highest BCUT2D eigenvalue weighted by Crippen LogP contribution is 2.35. The van der Waals surface area contributed by atoms with Gasteiger partial charge >= 0.3 is 11.9 Å². The van der Waals surface area contributed by atoms with Crippen molar-refractivity contribution >= 4 is 78.2 Å². The van der Waals surface area contributed by atoms with E-state index in [1.54, 1.807) is 93.0 Å². The summed E-state index contributed by atoms with van der Waals surface area (Å²) in [5.41, 5.74) is 27.9. The van der Waals surface area contributed by atoms with E-state index < -0.39 is 47.0 Å². The van der Waals surface area contributed by atoms with Gasteiger partial charge in [0.25, 0.3) is 0 Å². The summed E-state index contributed by atoms with van der Waals surface area (Å²) in [6.07, 6.45) is 3.59. The van der Waals surface area contributed by atoms with Crippen LogP contribution in [0.15, 0.2) is 194 Å². The molecule has 0 radical (unpaired) electrons. The van der Waals surface area contributed by atoms with Gasteiger partial charge in [0.05, 0.1) is 37.2 Å². The lowest BCUT2D eigenvalue weighted by Gasteiger charge is -2.20. The van der Waals surface area contributed by atoms with Crippen molar-refractivity contribution < 1.29 is 64.2 Å². The van der Waals surface area contributed by atoms with E-state index in [4.69, 9.17) is 21.9 Å². The molecule has 101 heavy (non-hydrogen) atoms. The Labute approximate surface area is 586 Å². The van der Waals surface area contributed by atoms with E-state index in [0.717, 1.165) is 67.7 Å². The zero-order chi connectivity index (χ0) is 73.0. The van der Waals surface area contributed by atoms with Gasteiger partial charge in [0.2, 0.25) is 11.8 Å². The van der Waals surface area contributed by atoms with Crippen LogP contribution in [0.4, 0.5) is 30.7 Å². The van der Waals surface area contributed by atoms with Crippen molar-refractivity contribution in [2.75, 3.05) is 18.5 Å². The van der Waals surface area contributed by atoms with Gasteiger partial charge in [-0.1, -0.05) is 52.3 Å². The van der Waals surface area contributed by atoms with Crippen molar-refractivity contribution in [3.05, 3.63) is 286 Å². The monoisotopic (exact) mass is 1440 g/mol. The number of aromatic nitrogens is 5. The molecule has 23 heteroatoms. The predicted molar refractivity (Wildman–Crippen MR) is 379 cm³/mol. The summed E-state index contributed by atoms with van der Waals surface area (Å²) < 4.78 is 107. The Bertz CT molecular complexity index is 4900. The van der Waals surface area contributed by atoms with Crippen molar-refractivity contribution in [1.29, 1.82) is 0 Å². The van der Waals surface area contributed by atoms with E-state index in [0.29, 0.717) is 68.7 Å². The van der Waals surface area contributed by atoms with Crippen molar-refractivity contribution in [2.45, 2.75) is 78.9 Å². The molecular weight excluding hydrogens is 1370 g/mol. The number of rotatable bonds is 19. The van der Waals surface area contributed by atoms with Gasteiger partial charge in [0.15, 0.2) is 5.78 Å². The first-order chi connectivity index (χ1) is 48.3. The molecule has 2 amide bonds. The number of H-pyrrole nitrogens is 1. The number of hydrogen-bond acceptors (Lipinski definition) is 10. The molecule has 0 unspecified atom stereocenters. The first-order valence-corrected chi connectivity index (χ1v) is 32.9.